The number of nitrogens with one attached hydrogen (secondary N) is 1. The predicted octanol–water partition coefficient (Wildman–Crippen LogP) is 4.67. The van der Waals surface area contributed by atoms with Gasteiger partial charge < -0.3 is 5.32 Å². The molecule has 0 atom stereocenters. The highest BCUT2D eigenvalue weighted by molar-refractivity contribution is 6.55. The van der Waals surface area contributed by atoms with Gasteiger partial charge in [-0.15, -0.1) is 0 Å². The van der Waals surface area contributed by atoms with Gasteiger partial charge in [0.15, 0.2) is 0 Å². The van der Waals surface area contributed by atoms with Crippen LogP contribution in [0.1, 0.15) is 20.7 Å². The number of rotatable bonds is 3. The Morgan fingerprint density at radius 2 is 1.42 bits per heavy atom. The molecular formula is C16H7Cl4FN2O3. The second kappa shape index (κ2) is 7.04. The van der Waals surface area contributed by atoms with Crippen molar-refractivity contribution >= 4 is 69.8 Å². The fourth-order valence-corrected chi connectivity index (χ4v) is 3.45. The number of anilines is 1. The lowest BCUT2D eigenvalue weighted by Gasteiger charge is -2.14. The molecule has 0 saturated heterocycles. The number of para-hydroxylation sites is 1. The molecule has 0 saturated carbocycles. The number of fused-ring (bicyclic) bond motifs is 1. The van der Waals surface area contributed by atoms with Crippen molar-refractivity contribution in [2.75, 3.05) is 11.9 Å². The third-order valence-electron chi connectivity index (χ3n) is 3.63. The van der Waals surface area contributed by atoms with Crippen LogP contribution in [-0.4, -0.2) is 29.2 Å². The highest BCUT2D eigenvalue weighted by Crippen LogP contribution is 2.44. The Balaban J connectivity index is 1.89. The van der Waals surface area contributed by atoms with Gasteiger partial charge in [0.25, 0.3) is 11.8 Å². The van der Waals surface area contributed by atoms with Gasteiger partial charge in [-0.3, -0.25) is 19.3 Å². The molecule has 1 aliphatic heterocycles. The molecule has 0 aliphatic carbocycles. The van der Waals surface area contributed by atoms with E-state index in [2.05, 4.69) is 5.32 Å². The molecule has 0 fully saturated rings. The van der Waals surface area contributed by atoms with E-state index in [0.717, 1.165) is 6.07 Å². The zero-order valence-corrected chi connectivity index (χ0v) is 15.6. The molecule has 1 heterocycles. The standard InChI is InChI=1S/C16H7Cl4FN2O3/c17-11-9-10(12(18)14(20)13(11)19)16(26)23(15(9)25)5-8(24)22-7-4-2-1-3-6(7)21/h1-4H,5H2,(H,22,24). The molecule has 0 unspecified atom stereocenters. The maximum atomic E-state index is 13.6. The van der Waals surface area contributed by atoms with Crippen molar-refractivity contribution in [3.8, 4) is 0 Å². The average Bonchev–Trinajstić information content (AvgIpc) is 2.85. The Morgan fingerprint density at radius 1 is 0.923 bits per heavy atom. The molecule has 3 rings (SSSR count). The van der Waals surface area contributed by atoms with Crippen molar-refractivity contribution in [1.29, 1.82) is 0 Å². The van der Waals surface area contributed by atoms with Crippen molar-refractivity contribution < 1.29 is 18.8 Å². The molecule has 3 amide bonds. The monoisotopic (exact) mass is 434 g/mol. The van der Waals surface area contributed by atoms with E-state index in [4.69, 9.17) is 46.4 Å². The SMILES string of the molecule is O=C(CN1C(=O)c2c(Cl)c(Cl)c(Cl)c(Cl)c2C1=O)Nc1ccccc1F. The molecule has 26 heavy (non-hydrogen) atoms. The van der Waals surface area contributed by atoms with Crippen LogP contribution in [-0.2, 0) is 4.79 Å². The molecule has 1 aliphatic rings. The molecule has 2 aromatic rings. The maximum Gasteiger partial charge on any atom is 0.263 e. The molecule has 0 radical (unpaired) electrons. The summed E-state index contributed by atoms with van der Waals surface area (Å²) in [5.41, 5.74) is -0.541. The first kappa shape index (κ1) is 18.9. The highest BCUT2D eigenvalue weighted by atomic mass is 35.5. The summed E-state index contributed by atoms with van der Waals surface area (Å²) in [5, 5.41) is 1.48. The van der Waals surface area contributed by atoms with Crippen LogP contribution in [0.2, 0.25) is 20.1 Å². The van der Waals surface area contributed by atoms with Crippen LogP contribution in [0.15, 0.2) is 24.3 Å². The summed E-state index contributed by atoms with van der Waals surface area (Å²) in [5.74, 6) is -3.14. The molecule has 0 aromatic heterocycles. The molecular weight excluding hydrogens is 429 g/mol. The van der Waals surface area contributed by atoms with E-state index < -0.39 is 30.1 Å². The Morgan fingerprint density at radius 3 is 1.92 bits per heavy atom. The van der Waals surface area contributed by atoms with Crippen molar-refractivity contribution in [2.45, 2.75) is 0 Å². The maximum absolute atomic E-state index is 13.6. The molecule has 0 bridgehead atoms. The lowest BCUT2D eigenvalue weighted by Crippen LogP contribution is -2.37. The summed E-state index contributed by atoms with van der Waals surface area (Å²) in [7, 11) is 0. The Bertz CT molecular complexity index is 933. The van der Waals surface area contributed by atoms with Crippen molar-refractivity contribution in [2.24, 2.45) is 0 Å². The van der Waals surface area contributed by atoms with E-state index in [-0.39, 0.29) is 36.9 Å². The Labute approximate surface area is 166 Å². The topological polar surface area (TPSA) is 66.5 Å². The number of halogens is 5. The van der Waals surface area contributed by atoms with Crippen LogP contribution < -0.4 is 5.32 Å². The normalized spacial score (nSPS) is 13.2. The predicted molar refractivity (Wildman–Crippen MR) is 96.9 cm³/mol. The molecule has 5 nitrogen and oxygen atoms in total. The van der Waals surface area contributed by atoms with Crippen LogP contribution in [0.25, 0.3) is 0 Å². The fraction of sp³-hybridized carbons (Fsp3) is 0.0625. The molecule has 134 valence electrons. The van der Waals surface area contributed by atoms with Crippen LogP contribution >= 0.6 is 46.4 Å². The number of hydrogen-bond donors (Lipinski definition) is 1. The Hall–Kier alpha value is -1.86. The second-order valence-electron chi connectivity index (χ2n) is 5.23. The first-order chi connectivity index (χ1) is 12.2. The number of hydrogen-bond acceptors (Lipinski definition) is 3. The number of nitrogens with zero attached hydrogens (tertiary/aromatic N) is 1. The van der Waals surface area contributed by atoms with Gasteiger partial charge in [0, 0.05) is 0 Å². The lowest BCUT2D eigenvalue weighted by atomic mass is 10.1. The minimum atomic E-state index is -0.848. The summed E-state index contributed by atoms with van der Waals surface area (Å²) in [6, 6.07) is 5.46. The van der Waals surface area contributed by atoms with Crippen molar-refractivity contribution in [3.63, 3.8) is 0 Å². The smallest absolute Gasteiger partial charge is 0.263 e. The number of amides is 3. The third-order valence-corrected chi connectivity index (χ3v) is 5.44. The van der Waals surface area contributed by atoms with Crippen molar-refractivity contribution in [1.82, 2.24) is 4.90 Å². The number of benzene rings is 2. The van der Waals surface area contributed by atoms with Crippen LogP contribution in [0, 0.1) is 5.82 Å². The van der Waals surface area contributed by atoms with Gasteiger partial charge in [-0.05, 0) is 12.1 Å². The van der Waals surface area contributed by atoms with Crippen LogP contribution in [0.5, 0.6) is 0 Å². The van der Waals surface area contributed by atoms with Crippen molar-refractivity contribution in [3.05, 3.63) is 61.3 Å². The first-order valence-corrected chi connectivity index (χ1v) is 8.51. The molecule has 10 heteroatoms. The van der Waals surface area contributed by atoms with Gasteiger partial charge in [0.05, 0.1) is 36.9 Å². The van der Waals surface area contributed by atoms with Crippen LogP contribution in [0.3, 0.4) is 0 Å². The van der Waals surface area contributed by atoms with Gasteiger partial charge in [-0.1, -0.05) is 58.5 Å². The zero-order chi connectivity index (χ0) is 19.2. The Kier molecular flexibility index (Phi) is 5.12. The van der Waals surface area contributed by atoms with Gasteiger partial charge in [0.1, 0.15) is 12.4 Å². The first-order valence-electron chi connectivity index (χ1n) is 7.00. The number of carbonyl (C=O) groups is 3. The lowest BCUT2D eigenvalue weighted by molar-refractivity contribution is -0.116. The van der Waals surface area contributed by atoms with Crippen LogP contribution in [0.4, 0.5) is 10.1 Å². The largest absolute Gasteiger partial charge is 0.322 e. The summed E-state index contributed by atoms with van der Waals surface area (Å²) in [6.07, 6.45) is 0. The fourth-order valence-electron chi connectivity index (χ4n) is 2.43. The minimum Gasteiger partial charge on any atom is -0.322 e. The van der Waals surface area contributed by atoms with E-state index in [0.29, 0.717) is 4.90 Å². The average molecular weight is 436 g/mol. The van der Waals surface area contributed by atoms with E-state index in [1.807, 2.05) is 0 Å². The van der Waals surface area contributed by atoms with E-state index in [1.54, 1.807) is 0 Å². The summed E-state index contributed by atoms with van der Waals surface area (Å²) in [6.45, 7) is -0.664. The quantitative estimate of drug-likeness (QED) is 0.432. The molecule has 2 aromatic carbocycles. The summed E-state index contributed by atoms with van der Waals surface area (Å²) < 4.78 is 13.6. The highest BCUT2D eigenvalue weighted by Gasteiger charge is 2.42. The number of carbonyl (C=O) groups excluding carboxylic acids is 3. The van der Waals surface area contributed by atoms with E-state index in [9.17, 15) is 18.8 Å². The van der Waals surface area contributed by atoms with Gasteiger partial charge in [-0.25, -0.2) is 4.39 Å². The summed E-state index contributed by atoms with van der Waals surface area (Å²) >= 11 is 23.8. The molecule has 0 spiro atoms. The minimum absolute atomic E-state index is 0.0868. The second-order valence-corrected chi connectivity index (χ2v) is 6.74. The van der Waals surface area contributed by atoms with Gasteiger partial charge in [-0.2, -0.15) is 0 Å². The van der Waals surface area contributed by atoms with Gasteiger partial charge >= 0.3 is 0 Å². The summed E-state index contributed by atoms with van der Waals surface area (Å²) in [4.78, 5) is 37.8. The van der Waals surface area contributed by atoms with E-state index >= 15 is 0 Å². The molecule has 1 N–H and O–H groups in total. The number of imide groups is 1. The van der Waals surface area contributed by atoms with Gasteiger partial charge in [0.2, 0.25) is 5.91 Å². The third kappa shape index (κ3) is 3.03. The zero-order valence-electron chi connectivity index (χ0n) is 12.6. The van der Waals surface area contributed by atoms with E-state index in [1.165, 1.54) is 18.2 Å².